The quantitative estimate of drug-likeness (QED) is 0.930. The molecule has 1 N–H and O–H groups in total. The van der Waals surface area contributed by atoms with Crippen LogP contribution in [-0.4, -0.2) is 34.5 Å². The van der Waals surface area contributed by atoms with Crippen molar-refractivity contribution in [2.75, 3.05) is 6.54 Å². The van der Waals surface area contributed by atoms with Crippen molar-refractivity contribution in [1.82, 2.24) is 15.4 Å². The lowest BCUT2D eigenvalue weighted by atomic mass is 10.2. The number of aryl methyl sites for hydroxylation is 1. The smallest absolute Gasteiger partial charge is 0.273 e. The molecule has 1 aromatic heterocycles. The Labute approximate surface area is 138 Å². The van der Waals surface area contributed by atoms with E-state index in [0.717, 1.165) is 5.56 Å². The molecule has 1 unspecified atom stereocenters. The number of aromatic nitrogens is 1. The molecule has 0 spiro atoms. The number of nitrogens with zero attached hydrogens (tertiary/aromatic N) is 2. The Morgan fingerprint density at radius 1 is 1.48 bits per heavy atom. The lowest BCUT2D eigenvalue weighted by Crippen LogP contribution is -2.37. The molecule has 2 aromatic rings. The van der Waals surface area contributed by atoms with Crippen molar-refractivity contribution in [1.29, 1.82) is 0 Å². The molecule has 0 aliphatic carbocycles. The summed E-state index contributed by atoms with van der Waals surface area (Å²) in [7, 11) is 0. The van der Waals surface area contributed by atoms with Gasteiger partial charge in [0.2, 0.25) is 5.91 Å². The molecular weight excluding hydrogens is 318 g/mol. The van der Waals surface area contributed by atoms with Gasteiger partial charge in [-0.05, 0) is 18.6 Å². The van der Waals surface area contributed by atoms with Crippen LogP contribution in [0, 0.1) is 6.92 Å². The highest BCUT2D eigenvalue weighted by Gasteiger charge is 2.31. The summed E-state index contributed by atoms with van der Waals surface area (Å²) >= 11 is 6.13. The van der Waals surface area contributed by atoms with Crippen LogP contribution in [0.15, 0.2) is 34.9 Å². The third kappa shape index (κ3) is 3.53. The maximum absolute atomic E-state index is 12.1. The molecule has 0 radical (unpaired) electrons. The summed E-state index contributed by atoms with van der Waals surface area (Å²) in [5.74, 6) is 0.226. The number of benzene rings is 1. The van der Waals surface area contributed by atoms with E-state index in [1.165, 1.54) is 0 Å². The first-order valence-electron chi connectivity index (χ1n) is 7.28. The molecule has 2 heterocycles. The minimum atomic E-state index is -0.334. The molecule has 3 rings (SSSR count). The lowest BCUT2D eigenvalue weighted by Gasteiger charge is -2.17. The van der Waals surface area contributed by atoms with Crippen molar-refractivity contribution in [3.8, 4) is 0 Å². The Morgan fingerprint density at radius 2 is 2.26 bits per heavy atom. The van der Waals surface area contributed by atoms with Crippen LogP contribution in [0.4, 0.5) is 0 Å². The molecule has 120 valence electrons. The van der Waals surface area contributed by atoms with E-state index >= 15 is 0 Å². The second kappa shape index (κ2) is 6.42. The average molecular weight is 334 g/mol. The molecule has 2 amide bonds. The van der Waals surface area contributed by atoms with Crippen LogP contribution in [-0.2, 0) is 11.3 Å². The molecule has 7 heteroatoms. The third-order valence-electron chi connectivity index (χ3n) is 3.73. The van der Waals surface area contributed by atoms with Crippen LogP contribution in [0.25, 0.3) is 0 Å². The van der Waals surface area contributed by atoms with Gasteiger partial charge in [0, 0.05) is 30.6 Å². The number of carbonyl (C=O) groups is 2. The van der Waals surface area contributed by atoms with Crippen molar-refractivity contribution >= 4 is 23.4 Å². The summed E-state index contributed by atoms with van der Waals surface area (Å²) in [5.41, 5.74) is 1.11. The van der Waals surface area contributed by atoms with Crippen LogP contribution in [0.2, 0.25) is 5.02 Å². The number of hydrogen-bond donors (Lipinski definition) is 1. The molecule has 1 aliphatic rings. The Hall–Kier alpha value is -2.34. The second-order valence-corrected chi connectivity index (χ2v) is 5.97. The first kappa shape index (κ1) is 15.6. The maximum atomic E-state index is 12.1. The van der Waals surface area contributed by atoms with Crippen molar-refractivity contribution in [3.63, 3.8) is 0 Å². The Balaban J connectivity index is 1.61. The van der Waals surface area contributed by atoms with Crippen LogP contribution in [0.1, 0.15) is 28.2 Å². The molecule has 1 saturated heterocycles. The number of nitrogens with one attached hydrogen (secondary N) is 1. The second-order valence-electron chi connectivity index (χ2n) is 5.56. The van der Waals surface area contributed by atoms with Gasteiger partial charge in [-0.25, -0.2) is 0 Å². The largest absolute Gasteiger partial charge is 0.361 e. The van der Waals surface area contributed by atoms with Gasteiger partial charge in [-0.1, -0.05) is 35.0 Å². The number of hydrogen-bond acceptors (Lipinski definition) is 4. The highest BCUT2D eigenvalue weighted by molar-refractivity contribution is 6.31. The first-order chi connectivity index (χ1) is 11.0. The summed E-state index contributed by atoms with van der Waals surface area (Å²) in [6.45, 7) is 2.61. The first-order valence-corrected chi connectivity index (χ1v) is 7.66. The summed E-state index contributed by atoms with van der Waals surface area (Å²) in [4.78, 5) is 25.9. The van der Waals surface area contributed by atoms with Gasteiger partial charge in [-0.3, -0.25) is 9.59 Å². The van der Waals surface area contributed by atoms with E-state index < -0.39 is 0 Å². The molecule has 1 aromatic carbocycles. The van der Waals surface area contributed by atoms with Crippen molar-refractivity contribution in [2.45, 2.75) is 25.9 Å². The van der Waals surface area contributed by atoms with Crippen molar-refractivity contribution in [2.24, 2.45) is 0 Å². The van der Waals surface area contributed by atoms with Crippen molar-refractivity contribution in [3.05, 3.63) is 52.4 Å². The molecule has 1 fully saturated rings. The average Bonchev–Trinajstić information content (AvgIpc) is 3.08. The SMILES string of the molecule is Cc1cc(C(=O)NC2CC(=O)N(Cc3ccccc3Cl)C2)no1. The fourth-order valence-electron chi connectivity index (χ4n) is 2.59. The van der Waals surface area contributed by atoms with Crippen LogP contribution in [0.3, 0.4) is 0 Å². The van der Waals surface area contributed by atoms with Crippen LogP contribution in [0.5, 0.6) is 0 Å². The highest BCUT2D eigenvalue weighted by Crippen LogP contribution is 2.20. The summed E-state index contributed by atoms with van der Waals surface area (Å²) < 4.78 is 4.88. The van der Waals surface area contributed by atoms with Gasteiger partial charge >= 0.3 is 0 Å². The van der Waals surface area contributed by atoms with Gasteiger partial charge in [-0.15, -0.1) is 0 Å². The van der Waals surface area contributed by atoms with Crippen LogP contribution < -0.4 is 5.32 Å². The molecule has 23 heavy (non-hydrogen) atoms. The standard InChI is InChI=1S/C16H16ClN3O3/c1-10-6-14(19-23-10)16(22)18-12-7-15(21)20(9-12)8-11-4-2-3-5-13(11)17/h2-6,12H,7-9H2,1H3,(H,18,22). The van der Waals surface area contributed by atoms with Crippen molar-refractivity contribution < 1.29 is 14.1 Å². The van der Waals surface area contributed by atoms with Gasteiger partial charge < -0.3 is 14.7 Å². The number of carbonyl (C=O) groups excluding carboxylic acids is 2. The lowest BCUT2D eigenvalue weighted by molar-refractivity contribution is -0.128. The number of likely N-dealkylation sites (tertiary alicyclic amines) is 1. The topological polar surface area (TPSA) is 75.4 Å². The minimum absolute atomic E-state index is 0.00782. The summed E-state index contributed by atoms with van der Waals surface area (Å²) in [6, 6.07) is 8.74. The zero-order valence-corrected chi connectivity index (χ0v) is 13.3. The molecule has 6 nitrogen and oxygen atoms in total. The maximum Gasteiger partial charge on any atom is 0.273 e. The van der Waals surface area contributed by atoms with Gasteiger partial charge in [-0.2, -0.15) is 0 Å². The van der Waals surface area contributed by atoms with Gasteiger partial charge in [0.25, 0.3) is 5.91 Å². The van der Waals surface area contributed by atoms with E-state index in [4.69, 9.17) is 16.1 Å². The van der Waals surface area contributed by atoms with E-state index in [1.54, 1.807) is 24.0 Å². The molecule has 1 aliphatic heterocycles. The Kier molecular flexibility index (Phi) is 4.34. The minimum Gasteiger partial charge on any atom is -0.361 e. The zero-order valence-electron chi connectivity index (χ0n) is 12.6. The predicted octanol–water partition coefficient (Wildman–Crippen LogP) is 2.17. The van der Waals surface area contributed by atoms with Gasteiger partial charge in [0.15, 0.2) is 5.69 Å². The molecule has 1 atom stereocenters. The number of rotatable bonds is 4. The summed E-state index contributed by atoms with van der Waals surface area (Å²) in [6.07, 6.45) is 0.271. The Bertz CT molecular complexity index is 744. The number of halogens is 1. The van der Waals surface area contributed by atoms with E-state index in [0.29, 0.717) is 23.9 Å². The third-order valence-corrected chi connectivity index (χ3v) is 4.10. The molecular formula is C16H16ClN3O3. The van der Waals surface area contributed by atoms with Gasteiger partial charge in [0.1, 0.15) is 5.76 Å². The normalized spacial score (nSPS) is 17.6. The van der Waals surface area contributed by atoms with E-state index in [9.17, 15) is 9.59 Å². The van der Waals surface area contributed by atoms with E-state index in [2.05, 4.69) is 10.5 Å². The van der Waals surface area contributed by atoms with E-state index in [1.807, 2.05) is 18.2 Å². The molecule has 0 saturated carbocycles. The zero-order chi connectivity index (χ0) is 16.4. The highest BCUT2D eigenvalue weighted by atomic mass is 35.5. The fourth-order valence-corrected chi connectivity index (χ4v) is 2.78. The Morgan fingerprint density at radius 3 is 2.96 bits per heavy atom. The summed E-state index contributed by atoms with van der Waals surface area (Å²) in [5, 5.41) is 7.11. The fraction of sp³-hybridized carbons (Fsp3) is 0.312. The molecule has 0 bridgehead atoms. The van der Waals surface area contributed by atoms with Gasteiger partial charge in [0.05, 0.1) is 6.04 Å². The van der Waals surface area contributed by atoms with E-state index in [-0.39, 0.29) is 30.0 Å². The number of amides is 2. The van der Waals surface area contributed by atoms with Crippen LogP contribution >= 0.6 is 11.6 Å². The monoisotopic (exact) mass is 333 g/mol. The predicted molar refractivity (Wildman–Crippen MR) is 84.0 cm³/mol.